The third-order valence-electron chi connectivity index (χ3n) is 4.56. The van der Waals surface area contributed by atoms with Crippen LogP contribution in [0.5, 0.6) is 0 Å². The first-order chi connectivity index (χ1) is 9.72. The van der Waals surface area contributed by atoms with Crippen molar-refractivity contribution >= 4 is 11.0 Å². The smallest absolute Gasteiger partial charge is 0.126 e. The minimum Gasteiger partial charge on any atom is -0.330 e. The summed E-state index contributed by atoms with van der Waals surface area (Å²) in [6, 6.07) is 9.39. The van der Waals surface area contributed by atoms with Gasteiger partial charge in [-0.15, -0.1) is 0 Å². The predicted octanol–water partition coefficient (Wildman–Crippen LogP) is 2.32. The van der Waals surface area contributed by atoms with Crippen molar-refractivity contribution in [1.82, 2.24) is 19.8 Å². The van der Waals surface area contributed by atoms with Gasteiger partial charge in [-0.05, 0) is 45.5 Å². The van der Waals surface area contributed by atoms with Crippen LogP contribution in [0.4, 0.5) is 0 Å². The zero-order chi connectivity index (χ0) is 14.1. The monoisotopic (exact) mass is 272 g/mol. The molecule has 0 spiro atoms. The number of imidazole rings is 1. The highest BCUT2D eigenvalue weighted by Gasteiger charge is 2.30. The number of rotatable bonds is 4. The number of nitrogens with zero attached hydrogens (tertiary/aromatic N) is 3. The number of fused-ring (bicyclic) bond motifs is 1. The van der Waals surface area contributed by atoms with Crippen LogP contribution in [0.1, 0.15) is 31.6 Å². The summed E-state index contributed by atoms with van der Waals surface area (Å²) in [4.78, 5) is 7.45. The topological polar surface area (TPSA) is 33.1 Å². The summed E-state index contributed by atoms with van der Waals surface area (Å²) in [7, 11) is 4.17. The van der Waals surface area contributed by atoms with E-state index in [0.717, 1.165) is 12.1 Å². The lowest BCUT2D eigenvalue weighted by Gasteiger charge is -2.30. The second-order valence-corrected chi connectivity index (χ2v) is 5.79. The third-order valence-corrected chi connectivity index (χ3v) is 4.56. The van der Waals surface area contributed by atoms with E-state index in [1.807, 2.05) is 7.05 Å². The number of aromatic nitrogens is 2. The number of hydrogen-bond donors (Lipinski definition) is 1. The number of aryl methyl sites for hydroxylation is 1. The minimum absolute atomic E-state index is 0.369. The highest BCUT2D eigenvalue weighted by atomic mass is 15.3. The molecule has 4 nitrogen and oxygen atoms in total. The molecule has 0 radical (unpaired) electrons. The number of para-hydroxylation sites is 2. The van der Waals surface area contributed by atoms with Crippen LogP contribution in [0, 0.1) is 0 Å². The van der Waals surface area contributed by atoms with Crippen molar-refractivity contribution in [3.05, 3.63) is 30.1 Å². The molecule has 0 aliphatic carbocycles. The van der Waals surface area contributed by atoms with Gasteiger partial charge in [-0.1, -0.05) is 12.1 Å². The number of nitrogens with one attached hydrogen (secondary N) is 1. The van der Waals surface area contributed by atoms with Crippen molar-refractivity contribution in [3.63, 3.8) is 0 Å². The second-order valence-electron chi connectivity index (χ2n) is 5.79. The molecule has 1 aliphatic heterocycles. The normalized spacial score (nSPS) is 21.6. The molecule has 1 aliphatic rings. The van der Waals surface area contributed by atoms with Crippen molar-refractivity contribution in [2.45, 2.75) is 31.8 Å². The van der Waals surface area contributed by atoms with Gasteiger partial charge < -0.3 is 9.88 Å². The summed E-state index contributed by atoms with van der Waals surface area (Å²) < 4.78 is 2.24. The average molecular weight is 272 g/mol. The molecule has 2 atom stereocenters. The first kappa shape index (κ1) is 13.6. The standard InChI is InChI=1S/C16H24N4/c1-12(20-10-6-7-13(20)11-17-2)16-18-14-8-4-5-9-15(14)19(16)3/h4-5,8-9,12-13,17H,6-7,10-11H2,1-3H3. The average Bonchev–Trinajstić information content (AvgIpc) is 3.04. The quantitative estimate of drug-likeness (QED) is 0.927. The Morgan fingerprint density at radius 1 is 1.40 bits per heavy atom. The van der Waals surface area contributed by atoms with E-state index in [1.54, 1.807) is 0 Å². The van der Waals surface area contributed by atoms with E-state index in [1.165, 1.54) is 30.7 Å². The van der Waals surface area contributed by atoms with E-state index < -0.39 is 0 Å². The lowest BCUT2D eigenvalue weighted by molar-refractivity contribution is 0.182. The van der Waals surface area contributed by atoms with Gasteiger partial charge >= 0.3 is 0 Å². The Labute approximate surface area is 120 Å². The fourth-order valence-electron chi connectivity index (χ4n) is 3.51. The van der Waals surface area contributed by atoms with Gasteiger partial charge in [0.15, 0.2) is 0 Å². The summed E-state index contributed by atoms with van der Waals surface area (Å²) in [5, 5.41) is 3.32. The Kier molecular flexibility index (Phi) is 3.76. The molecule has 2 heterocycles. The van der Waals surface area contributed by atoms with Crippen LogP contribution >= 0.6 is 0 Å². The molecule has 108 valence electrons. The molecule has 1 aromatic heterocycles. The van der Waals surface area contributed by atoms with Crippen LogP contribution in [-0.2, 0) is 7.05 Å². The Morgan fingerprint density at radius 2 is 2.20 bits per heavy atom. The van der Waals surface area contributed by atoms with Gasteiger partial charge in [-0.25, -0.2) is 4.98 Å². The molecule has 1 N–H and O–H groups in total. The van der Waals surface area contributed by atoms with Crippen LogP contribution in [0.2, 0.25) is 0 Å². The maximum absolute atomic E-state index is 4.85. The first-order valence-electron chi connectivity index (χ1n) is 7.54. The number of likely N-dealkylation sites (tertiary alicyclic amines) is 1. The van der Waals surface area contributed by atoms with Crippen molar-refractivity contribution in [3.8, 4) is 0 Å². The molecule has 4 heteroatoms. The van der Waals surface area contributed by atoms with Gasteiger partial charge in [0.05, 0.1) is 17.1 Å². The van der Waals surface area contributed by atoms with Crippen LogP contribution in [0.25, 0.3) is 11.0 Å². The molecular formula is C16H24N4. The van der Waals surface area contributed by atoms with Gasteiger partial charge in [-0.3, -0.25) is 4.90 Å². The zero-order valence-corrected chi connectivity index (χ0v) is 12.6. The molecule has 2 unspecified atom stereocenters. The number of benzene rings is 1. The molecule has 1 fully saturated rings. The maximum atomic E-state index is 4.85. The first-order valence-corrected chi connectivity index (χ1v) is 7.54. The van der Waals surface area contributed by atoms with Crippen molar-refractivity contribution < 1.29 is 0 Å². The van der Waals surface area contributed by atoms with Gasteiger partial charge in [0.25, 0.3) is 0 Å². The van der Waals surface area contributed by atoms with Gasteiger partial charge in [-0.2, -0.15) is 0 Å². The van der Waals surface area contributed by atoms with Crippen LogP contribution in [-0.4, -0.2) is 40.6 Å². The van der Waals surface area contributed by atoms with E-state index in [-0.39, 0.29) is 0 Å². The van der Waals surface area contributed by atoms with Crippen LogP contribution in [0.15, 0.2) is 24.3 Å². The lowest BCUT2D eigenvalue weighted by Crippen LogP contribution is -2.39. The Balaban J connectivity index is 1.92. The Bertz CT molecular complexity index is 589. The van der Waals surface area contributed by atoms with Gasteiger partial charge in [0, 0.05) is 19.6 Å². The Morgan fingerprint density at radius 3 is 2.95 bits per heavy atom. The van der Waals surface area contributed by atoms with E-state index in [9.17, 15) is 0 Å². The van der Waals surface area contributed by atoms with E-state index in [4.69, 9.17) is 4.98 Å². The molecular weight excluding hydrogens is 248 g/mol. The van der Waals surface area contributed by atoms with Crippen LogP contribution in [0.3, 0.4) is 0 Å². The van der Waals surface area contributed by atoms with E-state index in [0.29, 0.717) is 12.1 Å². The maximum Gasteiger partial charge on any atom is 0.126 e. The summed E-state index contributed by atoms with van der Waals surface area (Å²) in [6.45, 7) is 4.53. The van der Waals surface area contributed by atoms with Gasteiger partial charge in [0.2, 0.25) is 0 Å². The number of likely N-dealkylation sites (N-methyl/N-ethyl adjacent to an activating group) is 1. The number of hydrogen-bond acceptors (Lipinski definition) is 3. The van der Waals surface area contributed by atoms with Crippen molar-refractivity contribution in [2.24, 2.45) is 7.05 Å². The molecule has 20 heavy (non-hydrogen) atoms. The third kappa shape index (κ3) is 2.23. The Hall–Kier alpha value is -1.39. The summed E-state index contributed by atoms with van der Waals surface area (Å²) in [5.41, 5.74) is 2.32. The van der Waals surface area contributed by atoms with Crippen LogP contribution < -0.4 is 5.32 Å². The highest BCUT2D eigenvalue weighted by Crippen LogP contribution is 2.29. The van der Waals surface area contributed by atoms with Crippen molar-refractivity contribution in [2.75, 3.05) is 20.1 Å². The highest BCUT2D eigenvalue weighted by molar-refractivity contribution is 5.75. The molecule has 3 rings (SSSR count). The summed E-state index contributed by atoms with van der Waals surface area (Å²) in [5.74, 6) is 1.18. The zero-order valence-electron chi connectivity index (χ0n) is 12.6. The van der Waals surface area contributed by atoms with Crippen molar-refractivity contribution in [1.29, 1.82) is 0 Å². The molecule has 2 aromatic rings. The molecule has 0 bridgehead atoms. The van der Waals surface area contributed by atoms with Gasteiger partial charge in [0.1, 0.15) is 5.82 Å². The molecule has 1 saturated heterocycles. The lowest BCUT2D eigenvalue weighted by atomic mass is 10.2. The molecule has 0 saturated carbocycles. The van der Waals surface area contributed by atoms with E-state index in [2.05, 4.69) is 53.0 Å². The molecule has 1 aromatic carbocycles. The fourth-order valence-corrected chi connectivity index (χ4v) is 3.51. The minimum atomic E-state index is 0.369. The molecule has 0 amide bonds. The fraction of sp³-hybridized carbons (Fsp3) is 0.562. The van der Waals surface area contributed by atoms with E-state index >= 15 is 0 Å². The summed E-state index contributed by atoms with van der Waals surface area (Å²) in [6.07, 6.45) is 2.58. The largest absolute Gasteiger partial charge is 0.330 e. The SMILES string of the molecule is CNCC1CCCN1C(C)c1nc2ccccc2n1C. The second kappa shape index (κ2) is 5.54. The predicted molar refractivity (Wildman–Crippen MR) is 82.8 cm³/mol. The summed E-state index contributed by atoms with van der Waals surface area (Å²) >= 11 is 0.